The van der Waals surface area contributed by atoms with Crippen molar-refractivity contribution >= 4 is 23.6 Å². The van der Waals surface area contributed by atoms with Gasteiger partial charge in [0.05, 0.1) is 12.3 Å². The van der Waals surface area contributed by atoms with Gasteiger partial charge in [0.1, 0.15) is 0 Å². The summed E-state index contributed by atoms with van der Waals surface area (Å²) < 4.78 is 4.73. The molecule has 1 unspecified atom stereocenters. The Morgan fingerprint density at radius 1 is 1.33 bits per heavy atom. The number of nitrogens with zero attached hydrogens (tertiary/aromatic N) is 1. The van der Waals surface area contributed by atoms with Crippen molar-refractivity contribution < 1.29 is 19.1 Å². The normalized spacial score (nSPS) is 18.7. The van der Waals surface area contributed by atoms with Crippen LogP contribution in [0.1, 0.15) is 6.92 Å². The predicted octanol–water partition coefficient (Wildman–Crippen LogP) is 0.674. The zero-order chi connectivity index (χ0) is 13.1. The van der Waals surface area contributed by atoms with Gasteiger partial charge in [0, 0.05) is 0 Å². The molecule has 6 heteroatoms. The van der Waals surface area contributed by atoms with E-state index in [0.717, 1.165) is 4.90 Å². The quantitative estimate of drug-likeness (QED) is 0.484. The number of hydrogen-bond donors (Lipinski definition) is 1. The maximum Gasteiger partial charge on any atom is 0.338 e. The minimum atomic E-state index is -1.25. The summed E-state index contributed by atoms with van der Waals surface area (Å²) in [6.45, 7) is 1.79. The number of para-hydroxylation sites is 1. The van der Waals surface area contributed by atoms with Gasteiger partial charge in [0.15, 0.2) is 0 Å². The number of benzene rings is 1. The fraction of sp³-hybridized carbons (Fsp3) is 0.250. The van der Waals surface area contributed by atoms with E-state index in [1.807, 2.05) is 0 Å². The molecule has 1 N–H and O–H groups in total. The average Bonchev–Trinajstić information content (AvgIpc) is 2.66. The summed E-state index contributed by atoms with van der Waals surface area (Å²) in [5.74, 6) is -1.36. The Kier molecular flexibility index (Phi) is 3.27. The molecular formula is C12H12N2O4. The maximum absolute atomic E-state index is 12.0. The van der Waals surface area contributed by atoms with Crippen LogP contribution < -0.4 is 10.2 Å². The number of carbonyl (C=O) groups is 3. The molecule has 0 aromatic heterocycles. The molecule has 0 spiro atoms. The first-order valence-electron chi connectivity index (χ1n) is 5.51. The molecule has 0 bridgehead atoms. The number of imide groups is 1. The lowest BCUT2D eigenvalue weighted by Crippen LogP contribution is -2.39. The molecule has 1 fully saturated rings. The van der Waals surface area contributed by atoms with Crippen molar-refractivity contribution in [3.05, 3.63) is 30.3 Å². The molecule has 0 saturated carbocycles. The first-order valence-corrected chi connectivity index (χ1v) is 5.51. The molecule has 1 atom stereocenters. The maximum atomic E-state index is 12.0. The van der Waals surface area contributed by atoms with E-state index in [2.05, 4.69) is 5.32 Å². The molecule has 1 aromatic carbocycles. The van der Waals surface area contributed by atoms with Crippen molar-refractivity contribution in [3.8, 4) is 0 Å². The Bertz CT molecular complexity index is 486. The number of ether oxygens (including phenoxy) is 1. The van der Waals surface area contributed by atoms with Crippen LogP contribution in [0, 0.1) is 0 Å². The van der Waals surface area contributed by atoms with Crippen molar-refractivity contribution in [2.24, 2.45) is 0 Å². The van der Waals surface area contributed by atoms with Crippen LogP contribution in [-0.4, -0.2) is 30.6 Å². The van der Waals surface area contributed by atoms with Crippen molar-refractivity contribution in [3.63, 3.8) is 0 Å². The summed E-state index contributed by atoms with van der Waals surface area (Å²) in [7, 11) is 0. The van der Waals surface area contributed by atoms with E-state index in [0.29, 0.717) is 5.69 Å². The Hall–Kier alpha value is -2.37. The zero-order valence-corrected chi connectivity index (χ0v) is 9.75. The van der Waals surface area contributed by atoms with Gasteiger partial charge < -0.3 is 10.1 Å². The zero-order valence-electron chi connectivity index (χ0n) is 9.75. The van der Waals surface area contributed by atoms with Gasteiger partial charge in [-0.1, -0.05) is 18.2 Å². The topological polar surface area (TPSA) is 75.7 Å². The van der Waals surface area contributed by atoms with Crippen LogP contribution >= 0.6 is 0 Å². The van der Waals surface area contributed by atoms with E-state index in [-0.39, 0.29) is 6.61 Å². The lowest BCUT2D eigenvalue weighted by atomic mass is 10.2. The highest BCUT2D eigenvalue weighted by Crippen LogP contribution is 2.19. The minimum absolute atomic E-state index is 0.157. The average molecular weight is 248 g/mol. The standard InChI is InChI=1S/C12H12N2O4/c1-2-18-11(16)9-10(15)14(12(17)13-9)8-6-4-3-5-7-8/h3-7,9H,2H2,1H3,(H,13,17). The molecule has 1 heterocycles. The van der Waals surface area contributed by atoms with Crippen LogP contribution in [0.5, 0.6) is 0 Å². The summed E-state index contributed by atoms with van der Waals surface area (Å²) in [5, 5.41) is 2.30. The third-order valence-corrected chi connectivity index (χ3v) is 2.47. The van der Waals surface area contributed by atoms with Crippen LogP contribution in [0.15, 0.2) is 30.3 Å². The van der Waals surface area contributed by atoms with Gasteiger partial charge in [0.2, 0.25) is 6.04 Å². The van der Waals surface area contributed by atoms with E-state index in [4.69, 9.17) is 4.74 Å². The monoisotopic (exact) mass is 248 g/mol. The highest BCUT2D eigenvalue weighted by molar-refractivity contribution is 6.27. The largest absolute Gasteiger partial charge is 0.464 e. The molecule has 0 radical (unpaired) electrons. The molecule has 94 valence electrons. The summed E-state index contributed by atoms with van der Waals surface area (Å²) in [5.41, 5.74) is 0.423. The minimum Gasteiger partial charge on any atom is -0.464 e. The molecule has 3 amide bonds. The highest BCUT2D eigenvalue weighted by atomic mass is 16.5. The van der Waals surface area contributed by atoms with E-state index < -0.39 is 23.9 Å². The van der Waals surface area contributed by atoms with Crippen molar-refractivity contribution in [1.29, 1.82) is 0 Å². The van der Waals surface area contributed by atoms with Gasteiger partial charge in [-0.15, -0.1) is 0 Å². The van der Waals surface area contributed by atoms with Crippen molar-refractivity contribution in [2.75, 3.05) is 11.5 Å². The fourth-order valence-corrected chi connectivity index (χ4v) is 1.69. The predicted molar refractivity (Wildman–Crippen MR) is 62.9 cm³/mol. The lowest BCUT2D eigenvalue weighted by Gasteiger charge is -2.12. The third kappa shape index (κ3) is 2.04. The van der Waals surface area contributed by atoms with Gasteiger partial charge in [0.25, 0.3) is 5.91 Å². The first kappa shape index (κ1) is 12.1. The molecule has 0 aliphatic carbocycles. The summed E-state index contributed by atoms with van der Waals surface area (Å²) in [6.07, 6.45) is 0. The number of esters is 1. The Morgan fingerprint density at radius 3 is 2.61 bits per heavy atom. The van der Waals surface area contributed by atoms with Gasteiger partial charge in [-0.3, -0.25) is 4.79 Å². The van der Waals surface area contributed by atoms with E-state index in [9.17, 15) is 14.4 Å². The molecule has 1 aliphatic rings. The SMILES string of the molecule is CCOC(=O)C1NC(=O)N(c2ccccc2)C1=O. The molecule has 18 heavy (non-hydrogen) atoms. The van der Waals surface area contributed by atoms with Crippen LogP contribution in [0.3, 0.4) is 0 Å². The second-order valence-electron chi connectivity index (χ2n) is 3.64. The second-order valence-corrected chi connectivity index (χ2v) is 3.64. The molecular weight excluding hydrogens is 236 g/mol. The number of urea groups is 1. The Morgan fingerprint density at radius 2 is 2.00 bits per heavy atom. The van der Waals surface area contributed by atoms with Crippen molar-refractivity contribution in [2.45, 2.75) is 13.0 Å². The first-order chi connectivity index (χ1) is 8.65. The van der Waals surface area contributed by atoms with Crippen LogP contribution in [0.2, 0.25) is 0 Å². The van der Waals surface area contributed by atoms with Crippen molar-refractivity contribution in [1.82, 2.24) is 5.32 Å². The van der Waals surface area contributed by atoms with Gasteiger partial charge in [-0.2, -0.15) is 0 Å². The molecule has 6 nitrogen and oxygen atoms in total. The summed E-state index contributed by atoms with van der Waals surface area (Å²) in [6, 6.07) is 6.53. The number of nitrogens with one attached hydrogen (secondary N) is 1. The third-order valence-electron chi connectivity index (χ3n) is 2.47. The Labute approximate surface area is 104 Å². The number of rotatable bonds is 3. The molecule has 1 aliphatic heterocycles. The fourth-order valence-electron chi connectivity index (χ4n) is 1.69. The smallest absolute Gasteiger partial charge is 0.338 e. The highest BCUT2D eigenvalue weighted by Gasteiger charge is 2.44. The van der Waals surface area contributed by atoms with Gasteiger partial charge in [-0.25, -0.2) is 14.5 Å². The van der Waals surface area contributed by atoms with E-state index in [1.54, 1.807) is 37.3 Å². The van der Waals surface area contributed by atoms with Crippen LogP contribution in [0.4, 0.5) is 10.5 Å². The number of hydrogen-bond acceptors (Lipinski definition) is 4. The summed E-state index contributed by atoms with van der Waals surface area (Å²) >= 11 is 0. The van der Waals surface area contributed by atoms with Gasteiger partial charge >= 0.3 is 12.0 Å². The van der Waals surface area contributed by atoms with E-state index >= 15 is 0 Å². The van der Waals surface area contributed by atoms with Crippen LogP contribution in [0.25, 0.3) is 0 Å². The molecule has 2 rings (SSSR count). The lowest BCUT2D eigenvalue weighted by molar-refractivity contribution is -0.147. The molecule has 1 saturated heterocycles. The second kappa shape index (κ2) is 4.87. The molecule has 1 aromatic rings. The number of anilines is 1. The van der Waals surface area contributed by atoms with Gasteiger partial charge in [-0.05, 0) is 19.1 Å². The Balaban J connectivity index is 2.23. The van der Waals surface area contributed by atoms with Crippen LogP contribution in [-0.2, 0) is 14.3 Å². The summed E-state index contributed by atoms with van der Waals surface area (Å²) in [4.78, 5) is 36.1. The number of carbonyl (C=O) groups excluding carboxylic acids is 3. The number of amides is 3. The van der Waals surface area contributed by atoms with E-state index in [1.165, 1.54) is 0 Å².